The van der Waals surface area contributed by atoms with Crippen LogP contribution in [0.15, 0.2) is 27.9 Å². The van der Waals surface area contributed by atoms with Gasteiger partial charge in [0.1, 0.15) is 16.6 Å². The molecule has 1 amide bonds. The summed E-state index contributed by atoms with van der Waals surface area (Å²) in [5.41, 5.74) is 0.317. The second kappa shape index (κ2) is 7.71. The zero-order valence-electron chi connectivity index (χ0n) is 16.5. The molecule has 0 radical (unpaired) electrons. The van der Waals surface area contributed by atoms with Crippen LogP contribution in [0.4, 0.5) is 5.95 Å². The molecular weight excluding hydrogens is 396 g/mol. The Bertz CT molecular complexity index is 966. The van der Waals surface area contributed by atoms with Gasteiger partial charge in [-0.15, -0.1) is 0 Å². The molecule has 29 heavy (non-hydrogen) atoms. The highest BCUT2D eigenvalue weighted by molar-refractivity contribution is 7.89. The van der Waals surface area contributed by atoms with Crippen molar-refractivity contribution >= 4 is 21.9 Å². The molecule has 0 aliphatic carbocycles. The highest BCUT2D eigenvalue weighted by Gasteiger charge is 2.43. The molecule has 0 spiro atoms. The minimum absolute atomic E-state index is 0.0724. The van der Waals surface area contributed by atoms with Crippen molar-refractivity contribution in [2.75, 3.05) is 37.6 Å². The van der Waals surface area contributed by atoms with Gasteiger partial charge in [-0.3, -0.25) is 4.79 Å². The molecule has 0 unspecified atom stereocenters. The first-order valence-corrected chi connectivity index (χ1v) is 11.1. The molecule has 4 heterocycles. The molecule has 11 heteroatoms. The van der Waals surface area contributed by atoms with Gasteiger partial charge in [0.05, 0.1) is 0 Å². The van der Waals surface area contributed by atoms with Crippen LogP contribution in [-0.2, 0) is 14.8 Å². The largest absolute Gasteiger partial charge is 0.360 e. The molecule has 2 saturated heterocycles. The number of aryl methyl sites for hydroxylation is 2. The number of carbonyl (C=O) groups is 1. The first-order valence-electron chi connectivity index (χ1n) is 9.65. The molecule has 4 rings (SSSR count). The highest BCUT2D eigenvalue weighted by Crippen LogP contribution is 2.30. The second-order valence-corrected chi connectivity index (χ2v) is 9.12. The van der Waals surface area contributed by atoms with Crippen LogP contribution in [-0.4, -0.2) is 77.4 Å². The van der Waals surface area contributed by atoms with Crippen molar-refractivity contribution in [1.29, 1.82) is 0 Å². The third-order valence-corrected chi connectivity index (χ3v) is 7.60. The molecular formula is C18H24N6O4S. The number of hydrogen-bond donors (Lipinski definition) is 0. The summed E-state index contributed by atoms with van der Waals surface area (Å²) in [5, 5.41) is 3.76. The van der Waals surface area contributed by atoms with Crippen LogP contribution >= 0.6 is 0 Å². The van der Waals surface area contributed by atoms with Crippen LogP contribution in [0.25, 0.3) is 0 Å². The van der Waals surface area contributed by atoms with E-state index in [2.05, 4.69) is 15.1 Å². The number of aromatic nitrogens is 3. The number of anilines is 1. The van der Waals surface area contributed by atoms with E-state index in [1.54, 1.807) is 37.2 Å². The standard InChI is InChI=1S/C18H24N6O4S/c1-13-16(14(2)28-21-13)29(26,27)24-8-3-5-15(24)17(25)22-9-11-23(12-10-22)18-19-6-4-7-20-18/h4,6-7,15H,3,5,8-12H2,1-2H3/t15-/m1/s1. The van der Waals surface area contributed by atoms with Crippen molar-refractivity contribution in [3.05, 3.63) is 29.9 Å². The van der Waals surface area contributed by atoms with Crippen LogP contribution in [0.3, 0.4) is 0 Å². The Morgan fingerprint density at radius 2 is 1.79 bits per heavy atom. The SMILES string of the molecule is Cc1noc(C)c1S(=O)(=O)N1CCC[C@@H]1C(=O)N1CCN(c2ncccn2)CC1. The Kier molecular flexibility index (Phi) is 5.26. The second-order valence-electron chi connectivity index (χ2n) is 7.29. The number of rotatable bonds is 4. The van der Waals surface area contributed by atoms with Crippen molar-refractivity contribution in [2.24, 2.45) is 0 Å². The molecule has 156 valence electrons. The fraction of sp³-hybridized carbons (Fsp3) is 0.556. The summed E-state index contributed by atoms with van der Waals surface area (Å²) in [5.74, 6) is 0.742. The summed E-state index contributed by atoms with van der Waals surface area (Å²) in [6.45, 7) is 5.73. The van der Waals surface area contributed by atoms with E-state index in [0.29, 0.717) is 57.2 Å². The minimum atomic E-state index is -3.84. The maximum absolute atomic E-state index is 13.2. The van der Waals surface area contributed by atoms with Crippen molar-refractivity contribution < 1.29 is 17.7 Å². The van der Waals surface area contributed by atoms with E-state index in [4.69, 9.17) is 4.52 Å². The maximum Gasteiger partial charge on any atom is 0.249 e. The molecule has 10 nitrogen and oxygen atoms in total. The lowest BCUT2D eigenvalue weighted by molar-refractivity contribution is -0.134. The number of carbonyl (C=O) groups excluding carboxylic acids is 1. The van der Waals surface area contributed by atoms with Crippen LogP contribution in [0.5, 0.6) is 0 Å². The molecule has 2 aromatic rings. The molecule has 0 aromatic carbocycles. The average Bonchev–Trinajstić information content (AvgIpc) is 3.35. The monoisotopic (exact) mass is 420 g/mol. The van der Waals surface area contributed by atoms with E-state index in [0.717, 1.165) is 0 Å². The molecule has 0 saturated carbocycles. The first kappa shape index (κ1) is 19.8. The smallest absolute Gasteiger partial charge is 0.249 e. The first-order chi connectivity index (χ1) is 13.9. The van der Waals surface area contributed by atoms with Crippen molar-refractivity contribution in [1.82, 2.24) is 24.3 Å². The zero-order valence-corrected chi connectivity index (χ0v) is 17.3. The number of amides is 1. The quantitative estimate of drug-likeness (QED) is 0.706. The lowest BCUT2D eigenvalue weighted by Gasteiger charge is -2.37. The summed E-state index contributed by atoms with van der Waals surface area (Å²) in [6.07, 6.45) is 4.55. The number of piperazine rings is 1. The van der Waals surface area contributed by atoms with Crippen molar-refractivity contribution in [3.63, 3.8) is 0 Å². The van der Waals surface area contributed by atoms with E-state index in [1.807, 2.05) is 4.90 Å². The molecule has 2 aliphatic heterocycles. The Hall–Kier alpha value is -2.53. The van der Waals surface area contributed by atoms with Crippen LogP contribution in [0.1, 0.15) is 24.3 Å². The third kappa shape index (κ3) is 3.60. The number of sulfonamides is 1. The lowest BCUT2D eigenvalue weighted by atomic mass is 10.2. The van der Waals surface area contributed by atoms with Gasteiger partial charge in [0.15, 0.2) is 5.76 Å². The number of hydrogen-bond acceptors (Lipinski definition) is 8. The van der Waals surface area contributed by atoms with Crippen molar-refractivity contribution in [2.45, 2.75) is 37.6 Å². The summed E-state index contributed by atoms with van der Waals surface area (Å²) in [4.78, 5) is 25.5. The van der Waals surface area contributed by atoms with Gasteiger partial charge in [-0.05, 0) is 32.8 Å². The van der Waals surface area contributed by atoms with Gasteiger partial charge in [0.2, 0.25) is 21.9 Å². The molecule has 1 atom stereocenters. The predicted octanol–water partition coefficient (Wildman–Crippen LogP) is 0.583. The Labute approximate surface area is 169 Å². The maximum atomic E-state index is 13.2. The van der Waals surface area contributed by atoms with E-state index in [9.17, 15) is 13.2 Å². The van der Waals surface area contributed by atoms with Crippen molar-refractivity contribution in [3.8, 4) is 0 Å². The van der Waals surface area contributed by atoms with Gasteiger partial charge in [-0.1, -0.05) is 5.16 Å². The van der Waals surface area contributed by atoms with Gasteiger partial charge in [-0.25, -0.2) is 18.4 Å². The number of nitrogens with zero attached hydrogens (tertiary/aromatic N) is 6. The normalized spacial score (nSPS) is 21.0. The minimum Gasteiger partial charge on any atom is -0.360 e. The molecule has 0 bridgehead atoms. The summed E-state index contributed by atoms with van der Waals surface area (Å²) in [7, 11) is -3.84. The van der Waals surface area contributed by atoms with E-state index in [-0.39, 0.29) is 16.6 Å². The van der Waals surface area contributed by atoms with Crippen LogP contribution in [0.2, 0.25) is 0 Å². The fourth-order valence-corrected chi connectivity index (χ4v) is 5.97. The van der Waals surface area contributed by atoms with Gasteiger partial charge in [-0.2, -0.15) is 4.31 Å². The Morgan fingerprint density at radius 1 is 1.10 bits per heavy atom. The molecule has 0 N–H and O–H groups in total. The summed E-state index contributed by atoms with van der Waals surface area (Å²) >= 11 is 0. The third-order valence-electron chi connectivity index (χ3n) is 5.45. The van der Waals surface area contributed by atoms with Gasteiger partial charge in [0, 0.05) is 45.1 Å². The molecule has 2 aromatic heterocycles. The van der Waals surface area contributed by atoms with Crippen LogP contribution in [0, 0.1) is 13.8 Å². The van der Waals surface area contributed by atoms with Gasteiger partial charge < -0.3 is 14.3 Å². The van der Waals surface area contributed by atoms with Gasteiger partial charge in [0.25, 0.3) is 0 Å². The molecule has 2 aliphatic rings. The Balaban J connectivity index is 1.48. The lowest BCUT2D eigenvalue weighted by Crippen LogP contribution is -2.54. The fourth-order valence-electron chi connectivity index (χ4n) is 4.03. The highest BCUT2D eigenvalue weighted by atomic mass is 32.2. The topological polar surface area (TPSA) is 113 Å². The zero-order chi connectivity index (χ0) is 20.6. The summed E-state index contributed by atoms with van der Waals surface area (Å²) in [6, 6.07) is 1.07. The summed E-state index contributed by atoms with van der Waals surface area (Å²) < 4.78 is 32.8. The van der Waals surface area contributed by atoms with E-state index in [1.165, 1.54) is 4.31 Å². The average molecular weight is 420 g/mol. The van der Waals surface area contributed by atoms with E-state index < -0.39 is 16.1 Å². The van der Waals surface area contributed by atoms with E-state index >= 15 is 0 Å². The van der Waals surface area contributed by atoms with Crippen LogP contribution < -0.4 is 4.90 Å². The predicted molar refractivity (Wildman–Crippen MR) is 104 cm³/mol. The Morgan fingerprint density at radius 3 is 2.41 bits per heavy atom. The van der Waals surface area contributed by atoms with Gasteiger partial charge >= 0.3 is 0 Å². The molecule has 2 fully saturated rings.